The smallest absolute Gasteiger partial charge is 0.191 e. The van der Waals surface area contributed by atoms with Gasteiger partial charge >= 0.3 is 0 Å². The number of aryl methyl sites for hydroxylation is 1. The highest BCUT2D eigenvalue weighted by molar-refractivity contribution is 14.0. The summed E-state index contributed by atoms with van der Waals surface area (Å²) in [6, 6.07) is 6.78. The molecular weight excluding hydrogens is 399 g/mol. The number of aliphatic imine (C=N–C) groups is 1. The van der Waals surface area contributed by atoms with E-state index in [-0.39, 0.29) is 24.0 Å². The van der Waals surface area contributed by atoms with E-state index in [1.165, 1.54) is 42.5 Å². The number of halogens is 1. The van der Waals surface area contributed by atoms with Crippen LogP contribution >= 0.6 is 24.0 Å². The summed E-state index contributed by atoms with van der Waals surface area (Å²) in [7, 11) is 2.18. The second-order valence-corrected chi connectivity index (χ2v) is 5.96. The molecule has 0 bridgehead atoms. The molecule has 1 aliphatic heterocycles. The Morgan fingerprint density at radius 2 is 2.09 bits per heavy atom. The van der Waals surface area contributed by atoms with Gasteiger partial charge in [0, 0.05) is 32.4 Å². The van der Waals surface area contributed by atoms with E-state index >= 15 is 0 Å². The normalized spacial score (nSPS) is 14.0. The van der Waals surface area contributed by atoms with E-state index in [4.69, 9.17) is 4.99 Å². The molecule has 1 aliphatic rings. The predicted molar refractivity (Wildman–Crippen MR) is 111 cm³/mol. The second-order valence-electron chi connectivity index (χ2n) is 5.96. The van der Waals surface area contributed by atoms with Crippen LogP contribution < -0.4 is 15.5 Å². The molecular formula is C18H31IN4. The minimum Gasteiger partial charge on any atom is -0.374 e. The molecule has 23 heavy (non-hydrogen) atoms. The first-order chi connectivity index (χ1) is 10.7. The molecule has 0 fully saturated rings. The summed E-state index contributed by atoms with van der Waals surface area (Å²) in [5, 5.41) is 6.70. The molecule has 0 aromatic heterocycles. The first kappa shape index (κ1) is 20.1. The van der Waals surface area contributed by atoms with Crippen molar-refractivity contribution < 1.29 is 0 Å². The van der Waals surface area contributed by atoms with Crippen molar-refractivity contribution >= 4 is 35.6 Å². The van der Waals surface area contributed by atoms with Crippen molar-refractivity contribution in [2.45, 2.75) is 46.1 Å². The van der Waals surface area contributed by atoms with Crippen molar-refractivity contribution in [3.8, 4) is 0 Å². The van der Waals surface area contributed by atoms with Gasteiger partial charge < -0.3 is 15.5 Å². The van der Waals surface area contributed by atoms with Crippen LogP contribution in [0.3, 0.4) is 0 Å². The lowest BCUT2D eigenvalue weighted by molar-refractivity contribution is 0.729. The van der Waals surface area contributed by atoms with Crippen LogP contribution in [0.15, 0.2) is 23.2 Å². The Morgan fingerprint density at radius 3 is 2.83 bits per heavy atom. The lowest BCUT2D eigenvalue weighted by Gasteiger charge is -2.27. The van der Waals surface area contributed by atoms with Crippen molar-refractivity contribution in [1.82, 2.24) is 10.6 Å². The van der Waals surface area contributed by atoms with E-state index in [1.54, 1.807) is 0 Å². The lowest BCUT2D eigenvalue weighted by Crippen LogP contribution is -2.37. The van der Waals surface area contributed by atoms with Crippen LogP contribution in [0.5, 0.6) is 0 Å². The summed E-state index contributed by atoms with van der Waals surface area (Å²) in [6.45, 7) is 8.08. The molecule has 0 unspecified atom stereocenters. The number of nitrogens with one attached hydrogen (secondary N) is 2. The molecule has 130 valence electrons. The first-order valence-corrected chi connectivity index (χ1v) is 8.59. The zero-order valence-electron chi connectivity index (χ0n) is 14.7. The molecule has 0 spiro atoms. The highest BCUT2D eigenvalue weighted by atomic mass is 127. The number of nitrogens with zero attached hydrogens (tertiary/aromatic N) is 2. The van der Waals surface area contributed by atoms with Gasteiger partial charge in [-0.3, -0.25) is 0 Å². The number of anilines is 1. The maximum absolute atomic E-state index is 4.70. The Hall–Kier alpha value is -0.980. The van der Waals surface area contributed by atoms with Crippen molar-refractivity contribution in [3.63, 3.8) is 0 Å². The summed E-state index contributed by atoms with van der Waals surface area (Å²) in [5.74, 6) is 0.922. The van der Waals surface area contributed by atoms with Gasteiger partial charge in [-0.25, -0.2) is 4.99 Å². The van der Waals surface area contributed by atoms with Gasteiger partial charge in [0.25, 0.3) is 0 Å². The molecule has 2 rings (SSSR count). The number of hydrogen-bond donors (Lipinski definition) is 2. The minimum absolute atomic E-state index is 0. The van der Waals surface area contributed by atoms with Crippen molar-refractivity contribution in [3.05, 3.63) is 29.3 Å². The van der Waals surface area contributed by atoms with E-state index in [0.717, 1.165) is 32.1 Å². The number of guanidine groups is 1. The third-order valence-electron chi connectivity index (χ3n) is 4.08. The van der Waals surface area contributed by atoms with Crippen LogP contribution in [-0.4, -0.2) is 32.6 Å². The largest absolute Gasteiger partial charge is 0.374 e. The van der Waals surface area contributed by atoms with E-state index in [1.807, 2.05) is 0 Å². The van der Waals surface area contributed by atoms with Gasteiger partial charge in [0.1, 0.15) is 0 Å². The van der Waals surface area contributed by atoms with Gasteiger partial charge in [0.05, 0.1) is 6.54 Å². The molecule has 1 heterocycles. The topological polar surface area (TPSA) is 39.7 Å². The molecule has 1 aromatic carbocycles. The number of unbranched alkanes of at least 4 members (excludes halogenated alkanes) is 1. The highest BCUT2D eigenvalue weighted by Gasteiger charge is 2.13. The summed E-state index contributed by atoms with van der Waals surface area (Å²) >= 11 is 0. The van der Waals surface area contributed by atoms with E-state index in [9.17, 15) is 0 Å². The molecule has 0 amide bonds. The molecule has 0 atom stereocenters. The first-order valence-electron chi connectivity index (χ1n) is 8.59. The van der Waals surface area contributed by atoms with Crippen molar-refractivity contribution in [2.75, 3.05) is 31.6 Å². The second kappa shape index (κ2) is 10.7. The molecule has 5 heteroatoms. The molecule has 0 saturated carbocycles. The predicted octanol–water partition coefficient (Wildman–Crippen LogP) is 3.54. The van der Waals surface area contributed by atoms with Gasteiger partial charge in [-0.1, -0.05) is 25.5 Å². The van der Waals surface area contributed by atoms with Gasteiger partial charge in [-0.2, -0.15) is 0 Å². The zero-order chi connectivity index (χ0) is 15.8. The van der Waals surface area contributed by atoms with Crippen LogP contribution in [0.4, 0.5) is 5.69 Å². The quantitative estimate of drug-likeness (QED) is 0.314. The minimum atomic E-state index is 0. The van der Waals surface area contributed by atoms with Crippen LogP contribution in [0.1, 0.15) is 44.2 Å². The maximum atomic E-state index is 4.70. The summed E-state index contributed by atoms with van der Waals surface area (Å²) in [5.41, 5.74) is 4.14. The van der Waals surface area contributed by atoms with E-state index in [0.29, 0.717) is 0 Å². The molecule has 4 nitrogen and oxygen atoms in total. The highest BCUT2D eigenvalue weighted by Crippen LogP contribution is 2.26. The maximum Gasteiger partial charge on any atom is 0.191 e. The molecule has 0 radical (unpaired) electrons. The average molecular weight is 430 g/mol. The van der Waals surface area contributed by atoms with Crippen LogP contribution in [0, 0.1) is 0 Å². The monoisotopic (exact) mass is 430 g/mol. The van der Waals surface area contributed by atoms with Crippen LogP contribution in [0.2, 0.25) is 0 Å². The Bertz CT molecular complexity index is 502. The number of benzene rings is 1. The number of fused-ring (bicyclic) bond motifs is 1. The Morgan fingerprint density at radius 1 is 1.26 bits per heavy atom. The zero-order valence-corrected chi connectivity index (χ0v) is 17.0. The fourth-order valence-corrected chi connectivity index (χ4v) is 2.83. The SMILES string of the molecule is CCCCNC(=NCc1ccc2c(c1)CCCN2C)NCC.I. The van der Waals surface area contributed by atoms with Crippen molar-refractivity contribution in [1.29, 1.82) is 0 Å². The lowest BCUT2D eigenvalue weighted by atomic mass is 10.00. The standard InChI is InChI=1S/C18H30N4.HI/c1-4-6-11-20-18(19-5-2)21-14-15-9-10-17-16(13-15)8-7-12-22(17)3;/h9-10,13H,4-8,11-12,14H2,1-3H3,(H2,19,20,21);1H. The fraction of sp³-hybridized carbons (Fsp3) is 0.611. The fourth-order valence-electron chi connectivity index (χ4n) is 2.83. The average Bonchev–Trinajstić information content (AvgIpc) is 2.53. The van der Waals surface area contributed by atoms with E-state index < -0.39 is 0 Å². The Kier molecular flexibility index (Phi) is 9.36. The summed E-state index contributed by atoms with van der Waals surface area (Å²) < 4.78 is 0. The van der Waals surface area contributed by atoms with Gasteiger partial charge in [0.15, 0.2) is 5.96 Å². The summed E-state index contributed by atoms with van der Waals surface area (Å²) in [6.07, 6.45) is 4.81. The third kappa shape index (κ3) is 6.20. The van der Waals surface area contributed by atoms with Crippen LogP contribution in [0.25, 0.3) is 0 Å². The summed E-state index contributed by atoms with van der Waals surface area (Å²) in [4.78, 5) is 7.05. The Balaban J connectivity index is 0.00000264. The number of rotatable bonds is 6. The third-order valence-corrected chi connectivity index (χ3v) is 4.08. The van der Waals surface area contributed by atoms with Crippen molar-refractivity contribution in [2.24, 2.45) is 4.99 Å². The molecule has 2 N–H and O–H groups in total. The molecule has 0 saturated heterocycles. The van der Waals surface area contributed by atoms with Crippen LogP contribution in [-0.2, 0) is 13.0 Å². The molecule has 0 aliphatic carbocycles. The van der Waals surface area contributed by atoms with Gasteiger partial charge in [-0.15, -0.1) is 24.0 Å². The van der Waals surface area contributed by atoms with Gasteiger partial charge in [-0.05, 0) is 43.4 Å². The van der Waals surface area contributed by atoms with E-state index in [2.05, 4.69) is 54.6 Å². The molecule has 1 aromatic rings. The number of hydrogen-bond acceptors (Lipinski definition) is 2. The Labute approximate surface area is 158 Å². The van der Waals surface area contributed by atoms with Gasteiger partial charge in [0.2, 0.25) is 0 Å².